The number of carbonyl (C=O) groups is 1. The minimum atomic E-state index is -0.903. The van der Waals surface area contributed by atoms with Gasteiger partial charge in [0.15, 0.2) is 11.5 Å². The number of ether oxygens (including phenoxy) is 2. The second-order valence-electron chi connectivity index (χ2n) is 4.22. The largest absolute Gasteiger partial charge is 0.493 e. The maximum Gasteiger partial charge on any atom is 0.307 e. The van der Waals surface area contributed by atoms with Gasteiger partial charge in [0.05, 0.1) is 25.7 Å². The summed E-state index contributed by atoms with van der Waals surface area (Å²) in [6.07, 6.45) is -0.0897. The summed E-state index contributed by atoms with van der Waals surface area (Å²) < 4.78 is 10.4. The van der Waals surface area contributed by atoms with E-state index < -0.39 is 5.97 Å². The Morgan fingerprint density at radius 2 is 2.00 bits per heavy atom. The molecule has 0 saturated heterocycles. The lowest BCUT2D eigenvalue weighted by molar-refractivity contribution is -0.136. The van der Waals surface area contributed by atoms with E-state index >= 15 is 0 Å². The van der Waals surface area contributed by atoms with Gasteiger partial charge in [-0.15, -0.1) is 0 Å². The Morgan fingerprint density at radius 1 is 1.39 bits per heavy atom. The number of carboxylic acid groups (broad SMARTS) is 1. The zero-order valence-corrected chi connectivity index (χ0v) is 11.7. The molecule has 0 aliphatic rings. The Kier molecular flexibility index (Phi) is 4.84. The minimum absolute atomic E-state index is 0.0897. The molecule has 0 spiro atoms. The number of halogens is 1. The van der Waals surface area contributed by atoms with Crippen molar-refractivity contribution in [3.05, 3.63) is 22.2 Å². The fourth-order valence-corrected chi connectivity index (χ4v) is 2.46. The van der Waals surface area contributed by atoms with Crippen LogP contribution in [0.25, 0.3) is 0 Å². The van der Waals surface area contributed by atoms with Gasteiger partial charge in [-0.25, -0.2) is 0 Å². The Labute approximate surface area is 111 Å². The first-order valence-corrected chi connectivity index (χ1v) is 5.95. The molecule has 0 saturated carbocycles. The molecular formula is C13H17ClO4. The van der Waals surface area contributed by atoms with Crippen molar-refractivity contribution in [3.8, 4) is 11.5 Å². The summed E-state index contributed by atoms with van der Waals surface area (Å²) in [6.45, 7) is 3.91. The molecule has 100 valence electrons. The summed E-state index contributed by atoms with van der Waals surface area (Å²) in [5.74, 6) is 0.0898. The first-order chi connectivity index (χ1) is 8.42. The van der Waals surface area contributed by atoms with Gasteiger partial charge in [-0.1, -0.05) is 25.4 Å². The number of hydrogen-bond acceptors (Lipinski definition) is 3. The van der Waals surface area contributed by atoms with Gasteiger partial charge in [-0.05, 0) is 23.1 Å². The summed E-state index contributed by atoms with van der Waals surface area (Å²) in [5.41, 5.74) is 1.44. The zero-order valence-electron chi connectivity index (χ0n) is 10.9. The van der Waals surface area contributed by atoms with E-state index in [0.29, 0.717) is 22.1 Å². The highest BCUT2D eigenvalue weighted by Gasteiger charge is 2.21. The van der Waals surface area contributed by atoms with Crippen molar-refractivity contribution in [2.45, 2.75) is 26.2 Å². The topological polar surface area (TPSA) is 55.8 Å². The number of hydrogen-bond donors (Lipinski definition) is 1. The summed E-state index contributed by atoms with van der Waals surface area (Å²) in [7, 11) is 3.00. The van der Waals surface area contributed by atoms with Crippen molar-refractivity contribution in [1.29, 1.82) is 0 Å². The van der Waals surface area contributed by atoms with Crippen molar-refractivity contribution >= 4 is 17.6 Å². The van der Waals surface area contributed by atoms with E-state index in [4.69, 9.17) is 26.2 Å². The molecule has 0 radical (unpaired) electrons. The van der Waals surface area contributed by atoms with Crippen molar-refractivity contribution in [3.63, 3.8) is 0 Å². The summed E-state index contributed by atoms with van der Waals surface area (Å²) in [6, 6.07) is 1.67. The quantitative estimate of drug-likeness (QED) is 0.895. The lowest BCUT2D eigenvalue weighted by Gasteiger charge is -2.19. The Hall–Kier alpha value is -1.42. The Balaban J connectivity index is 3.49. The molecule has 0 bridgehead atoms. The molecule has 0 fully saturated rings. The molecule has 0 aromatic heterocycles. The van der Waals surface area contributed by atoms with E-state index in [1.165, 1.54) is 14.2 Å². The SMILES string of the molecule is COc1cc(CC(=O)O)c(C(C)C)c(Cl)c1OC. The maximum absolute atomic E-state index is 10.9. The predicted molar refractivity (Wildman–Crippen MR) is 70.0 cm³/mol. The van der Waals surface area contributed by atoms with E-state index in [-0.39, 0.29) is 12.3 Å². The second-order valence-corrected chi connectivity index (χ2v) is 4.60. The molecule has 4 nitrogen and oxygen atoms in total. The van der Waals surface area contributed by atoms with E-state index in [1.54, 1.807) is 6.07 Å². The molecular weight excluding hydrogens is 256 g/mol. The van der Waals surface area contributed by atoms with Crippen LogP contribution in [0.1, 0.15) is 30.9 Å². The van der Waals surface area contributed by atoms with Gasteiger partial charge in [0.25, 0.3) is 0 Å². The molecule has 0 unspecified atom stereocenters. The average molecular weight is 273 g/mol. The third kappa shape index (κ3) is 2.88. The fraction of sp³-hybridized carbons (Fsp3) is 0.462. The van der Waals surface area contributed by atoms with Crippen molar-refractivity contribution in [2.75, 3.05) is 14.2 Å². The van der Waals surface area contributed by atoms with Gasteiger partial charge < -0.3 is 14.6 Å². The summed E-state index contributed by atoms with van der Waals surface area (Å²) in [4.78, 5) is 10.9. The molecule has 1 rings (SSSR count). The van der Waals surface area contributed by atoms with Crippen LogP contribution in [0.5, 0.6) is 11.5 Å². The van der Waals surface area contributed by atoms with Crippen LogP contribution in [0, 0.1) is 0 Å². The van der Waals surface area contributed by atoms with Gasteiger partial charge in [0.1, 0.15) is 0 Å². The van der Waals surface area contributed by atoms with Crippen molar-refractivity contribution < 1.29 is 19.4 Å². The summed E-state index contributed by atoms with van der Waals surface area (Å²) >= 11 is 6.28. The Bertz CT molecular complexity index is 455. The molecule has 0 aliphatic carbocycles. The minimum Gasteiger partial charge on any atom is -0.493 e. The van der Waals surface area contributed by atoms with Crippen molar-refractivity contribution in [1.82, 2.24) is 0 Å². The highest BCUT2D eigenvalue weighted by Crippen LogP contribution is 2.42. The number of carboxylic acids is 1. The molecule has 0 amide bonds. The van der Waals surface area contributed by atoms with Gasteiger partial charge in [-0.2, -0.15) is 0 Å². The maximum atomic E-state index is 10.9. The molecule has 18 heavy (non-hydrogen) atoms. The monoisotopic (exact) mass is 272 g/mol. The third-order valence-electron chi connectivity index (χ3n) is 2.65. The van der Waals surface area contributed by atoms with Crippen LogP contribution in [0.15, 0.2) is 6.07 Å². The fourth-order valence-electron chi connectivity index (χ4n) is 1.95. The summed E-state index contributed by atoms with van der Waals surface area (Å²) in [5, 5.41) is 9.36. The predicted octanol–water partition coefficient (Wildman–Crippen LogP) is 3.11. The lowest BCUT2D eigenvalue weighted by atomic mass is 9.94. The Morgan fingerprint density at radius 3 is 2.39 bits per heavy atom. The number of benzene rings is 1. The second kappa shape index (κ2) is 5.96. The molecule has 0 aliphatic heterocycles. The van der Waals surface area contributed by atoms with E-state index in [2.05, 4.69) is 0 Å². The average Bonchev–Trinajstić information content (AvgIpc) is 2.26. The third-order valence-corrected chi connectivity index (χ3v) is 3.03. The zero-order chi connectivity index (χ0) is 13.9. The van der Waals surface area contributed by atoms with Crippen LogP contribution in [-0.4, -0.2) is 25.3 Å². The number of aliphatic carboxylic acids is 1. The molecule has 1 aromatic carbocycles. The smallest absolute Gasteiger partial charge is 0.307 e. The standard InChI is InChI=1S/C13H17ClO4/c1-7(2)11-8(6-10(15)16)5-9(17-3)13(18-4)12(11)14/h5,7H,6H2,1-4H3,(H,15,16). The van der Waals surface area contributed by atoms with Crippen molar-refractivity contribution in [2.24, 2.45) is 0 Å². The molecule has 1 aromatic rings. The van der Waals surface area contributed by atoms with Crippen LogP contribution >= 0.6 is 11.6 Å². The van der Waals surface area contributed by atoms with Crippen LogP contribution in [-0.2, 0) is 11.2 Å². The van der Waals surface area contributed by atoms with E-state index in [0.717, 1.165) is 5.56 Å². The number of methoxy groups -OCH3 is 2. The first-order valence-electron chi connectivity index (χ1n) is 5.57. The molecule has 0 atom stereocenters. The molecule has 0 heterocycles. The van der Waals surface area contributed by atoms with Gasteiger partial charge >= 0.3 is 5.97 Å². The van der Waals surface area contributed by atoms with Gasteiger partial charge in [-0.3, -0.25) is 4.79 Å². The van der Waals surface area contributed by atoms with Gasteiger partial charge in [0.2, 0.25) is 0 Å². The van der Waals surface area contributed by atoms with E-state index in [9.17, 15) is 4.79 Å². The number of rotatable bonds is 5. The first kappa shape index (κ1) is 14.6. The van der Waals surface area contributed by atoms with Gasteiger partial charge in [0, 0.05) is 0 Å². The highest BCUT2D eigenvalue weighted by atomic mass is 35.5. The molecule has 5 heteroatoms. The van der Waals surface area contributed by atoms with E-state index in [1.807, 2.05) is 13.8 Å². The molecule has 1 N–H and O–H groups in total. The highest BCUT2D eigenvalue weighted by molar-refractivity contribution is 6.33. The van der Waals surface area contributed by atoms with Crippen LogP contribution in [0.4, 0.5) is 0 Å². The normalized spacial score (nSPS) is 10.6. The lowest BCUT2D eigenvalue weighted by Crippen LogP contribution is -2.07. The van der Waals surface area contributed by atoms with Crippen LogP contribution in [0.2, 0.25) is 5.02 Å². The van der Waals surface area contributed by atoms with Crippen LogP contribution in [0.3, 0.4) is 0 Å². The van der Waals surface area contributed by atoms with Crippen LogP contribution < -0.4 is 9.47 Å².